The van der Waals surface area contributed by atoms with E-state index in [9.17, 15) is 5.11 Å². The molecular weight excluding hydrogens is 208 g/mol. The monoisotopic (exact) mass is 232 g/mol. The third-order valence-corrected chi connectivity index (χ3v) is 6.52. The minimum absolute atomic E-state index is 0.234. The van der Waals surface area contributed by atoms with Crippen LogP contribution in [0.3, 0.4) is 0 Å². The molecule has 0 radical (unpaired) electrons. The highest BCUT2D eigenvalue weighted by atomic mass is 28.4. The van der Waals surface area contributed by atoms with Crippen molar-refractivity contribution in [2.24, 2.45) is 5.92 Å². The molecule has 0 heterocycles. The van der Waals surface area contributed by atoms with Crippen LogP contribution in [0.5, 0.6) is 0 Å². The van der Waals surface area contributed by atoms with Gasteiger partial charge in [-0.05, 0) is 25.3 Å². The van der Waals surface area contributed by atoms with Crippen molar-refractivity contribution < 1.29 is 14.0 Å². The fourth-order valence-electron chi connectivity index (χ4n) is 2.32. The Morgan fingerprint density at radius 2 is 1.73 bits per heavy atom. The van der Waals surface area contributed by atoms with Crippen LogP contribution < -0.4 is 0 Å². The van der Waals surface area contributed by atoms with E-state index < -0.39 is 8.56 Å². The Morgan fingerprint density at radius 3 is 2.20 bits per heavy atom. The summed E-state index contributed by atoms with van der Waals surface area (Å²) in [6.45, 7) is 2.01. The van der Waals surface area contributed by atoms with Crippen LogP contribution in [-0.2, 0) is 8.85 Å². The van der Waals surface area contributed by atoms with Gasteiger partial charge in [0.05, 0.1) is 6.10 Å². The fourth-order valence-corrected chi connectivity index (χ4v) is 3.91. The van der Waals surface area contributed by atoms with Gasteiger partial charge in [-0.15, -0.1) is 0 Å². The molecule has 0 amide bonds. The first kappa shape index (κ1) is 13.2. The van der Waals surface area contributed by atoms with Gasteiger partial charge in [0, 0.05) is 20.3 Å². The van der Waals surface area contributed by atoms with Crippen molar-refractivity contribution in [3.63, 3.8) is 0 Å². The van der Waals surface area contributed by atoms with Crippen molar-refractivity contribution in [1.82, 2.24) is 0 Å². The summed E-state index contributed by atoms with van der Waals surface area (Å²) in [5.41, 5.74) is 0. The van der Waals surface area contributed by atoms with Crippen LogP contribution >= 0.6 is 0 Å². The van der Waals surface area contributed by atoms with Crippen LogP contribution in [0.4, 0.5) is 0 Å². The highest BCUT2D eigenvalue weighted by Gasteiger charge is 2.35. The maximum Gasteiger partial charge on any atom is 0.337 e. The normalized spacial score (nSPS) is 21.6. The van der Waals surface area contributed by atoms with Crippen molar-refractivity contribution in [3.05, 3.63) is 0 Å². The van der Waals surface area contributed by atoms with E-state index in [0.29, 0.717) is 12.0 Å². The van der Waals surface area contributed by atoms with Gasteiger partial charge in [0.2, 0.25) is 0 Å². The number of aliphatic hydroxyl groups is 1. The standard InChI is InChI=1S/C11H24O3Si/c1-13-15(3,14-2)9-11(12)10-7-5-4-6-8-10/h10-12H,4-9H2,1-3H3. The van der Waals surface area contributed by atoms with Gasteiger partial charge < -0.3 is 14.0 Å². The minimum atomic E-state index is -2.09. The van der Waals surface area contributed by atoms with Gasteiger partial charge in [0.15, 0.2) is 0 Å². The fraction of sp³-hybridized carbons (Fsp3) is 1.00. The van der Waals surface area contributed by atoms with Gasteiger partial charge in [-0.1, -0.05) is 19.3 Å². The largest absolute Gasteiger partial charge is 0.398 e. The Kier molecular flexibility index (Phi) is 5.25. The van der Waals surface area contributed by atoms with Crippen molar-refractivity contribution in [2.45, 2.75) is 50.8 Å². The Morgan fingerprint density at radius 1 is 1.20 bits per heavy atom. The molecule has 1 saturated carbocycles. The van der Waals surface area contributed by atoms with E-state index in [2.05, 4.69) is 0 Å². The lowest BCUT2D eigenvalue weighted by molar-refractivity contribution is 0.0883. The molecule has 1 unspecified atom stereocenters. The Labute approximate surface area is 94.0 Å². The Hall–Kier alpha value is 0.0969. The summed E-state index contributed by atoms with van der Waals surface area (Å²) < 4.78 is 10.8. The molecule has 1 atom stereocenters. The predicted octanol–water partition coefficient (Wildman–Crippen LogP) is 2.29. The molecule has 4 heteroatoms. The first-order chi connectivity index (χ1) is 7.11. The van der Waals surface area contributed by atoms with Crippen molar-refractivity contribution >= 4 is 8.56 Å². The average Bonchev–Trinajstić information content (AvgIpc) is 2.30. The summed E-state index contributed by atoms with van der Waals surface area (Å²) in [4.78, 5) is 0. The van der Waals surface area contributed by atoms with E-state index in [1.165, 1.54) is 32.1 Å². The number of hydrogen-bond acceptors (Lipinski definition) is 3. The zero-order valence-electron chi connectivity index (χ0n) is 10.2. The van der Waals surface area contributed by atoms with Gasteiger partial charge in [0.1, 0.15) is 0 Å². The minimum Gasteiger partial charge on any atom is -0.398 e. The van der Waals surface area contributed by atoms with Crippen molar-refractivity contribution in [2.75, 3.05) is 14.2 Å². The average molecular weight is 232 g/mol. The van der Waals surface area contributed by atoms with E-state index in [1.807, 2.05) is 6.55 Å². The summed E-state index contributed by atoms with van der Waals surface area (Å²) in [5, 5.41) is 10.1. The molecule has 15 heavy (non-hydrogen) atoms. The van der Waals surface area contributed by atoms with Crippen LogP contribution in [0.25, 0.3) is 0 Å². The van der Waals surface area contributed by atoms with Gasteiger partial charge in [-0.25, -0.2) is 0 Å². The van der Waals surface area contributed by atoms with E-state index in [4.69, 9.17) is 8.85 Å². The van der Waals surface area contributed by atoms with E-state index in [0.717, 1.165) is 0 Å². The third kappa shape index (κ3) is 3.87. The zero-order valence-corrected chi connectivity index (χ0v) is 11.2. The van der Waals surface area contributed by atoms with Gasteiger partial charge >= 0.3 is 8.56 Å². The molecule has 0 aromatic carbocycles. The molecule has 0 spiro atoms. The molecular formula is C11H24O3Si. The first-order valence-corrected chi connectivity index (χ1v) is 8.42. The summed E-state index contributed by atoms with van der Waals surface area (Å²) in [7, 11) is 1.27. The molecule has 0 bridgehead atoms. The van der Waals surface area contributed by atoms with Crippen LogP contribution in [0.1, 0.15) is 32.1 Å². The van der Waals surface area contributed by atoms with Crippen LogP contribution in [0, 0.1) is 5.92 Å². The summed E-state index contributed by atoms with van der Waals surface area (Å²) in [6.07, 6.45) is 5.95. The van der Waals surface area contributed by atoms with E-state index in [-0.39, 0.29) is 6.10 Å². The molecule has 0 aromatic heterocycles. The van der Waals surface area contributed by atoms with Crippen LogP contribution in [0.2, 0.25) is 12.6 Å². The predicted molar refractivity (Wildman–Crippen MR) is 63.0 cm³/mol. The number of rotatable bonds is 5. The molecule has 0 aliphatic heterocycles. The zero-order chi connectivity index (χ0) is 11.3. The van der Waals surface area contributed by atoms with Crippen LogP contribution in [-0.4, -0.2) is 34.0 Å². The van der Waals surface area contributed by atoms with E-state index in [1.54, 1.807) is 14.2 Å². The van der Waals surface area contributed by atoms with E-state index >= 15 is 0 Å². The smallest absolute Gasteiger partial charge is 0.337 e. The summed E-state index contributed by atoms with van der Waals surface area (Å²) in [5.74, 6) is 0.468. The lowest BCUT2D eigenvalue weighted by atomic mass is 9.86. The molecule has 0 aromatic rings. The van der Waals surface area contributed by atoms with Crippen molar-refractivity contribution in [1.29, 1.82) is 0 Å². The first-order valence-electron chi connectivity index (χ1n) is 5.89. The molecule has 1 rings (SSSR count). The molecule has 3 nitrogen and oxygen atoms in total. The van der Waals surface area contributed by atoms with Gasteiger partial charge in [-0.3, -0.25) is 0 Å². The second kappa shape index (κ2) is 5.99. The summed E-state index contributed by atoms with van der Waals surface area (Å²) in [6, 6.07) is 0.699. The van der Waals surface area contributed by atoms with Gasteiger partial charge in [-0.2, -0.15) is 0 Å². The number of hydrogen-bond donors (Lipinski definition) is 1. The molecule has 0 saturated heterocycles. The Bertz CT molecular complexity index is 177. The quantitative estimate of drug-likeness (QED) is 0.739. The molecule has 1 aliphatic carbocycles. The summed E-state index contributed by atoms with van der Waals surface area (Å²) >= 11 is 0. The maximum absolute atomic E-state index is 10.1. The molecule has 1 aliphatic rings. The third-order valence-electron chi connectivity index (χ3n) is 3.64. The maximum atomic E-state index is 10.1. The topological polar surface area (TPSA) is 38.7 Å². The lowest BCUT2D eigenvalue weighted by Crippen LogP contribution is -2.42. The molecule has 1 fully saturated rings. The SMILES string of the molecule is CO[Si](C)(CC(O)C1CCCCC1)OC. The van der Waals surface area contributed by atoms with Crippen molar-refractivity contribution in [3.8, 4) is 0 Å². The van der Waals surface area contributed by atoms with Gasteiger partial charge in [0.25, 0.3) is 0 Å². The second-order valence-corrected chi connectivity index (χ2v) is 8.20. The highest BCUT2D eigenvalue weighted by molar-refractivity contribution is 6.66. The highest BCUT2D eigenvalue weighted by Crippen LogP contribution is 2.30. The second-order valence-electron chi connectivity index (χ2n) is 4.71. The lowest BCUT2D eigenvalue weighted by Gasteiger charge is -2.31. The molecule has 90 valence electrons. The molecule has 1 N–H and O–H groups in total. The Balaban J connectivity index is 2.41. The van der Waals surface area contributed by atoms with Crippen LogP contribution in [0.15, 0.2) is 0 Å². The number of aliphatic hydroxyl groups excluding tert-OH is 1.